The molecule has 1 rings (SSSR count). The standard InChI is InChI=1S/C10H16N2O5/c13-8(14)4-7(9(15)16)12-10(17)11-5-6-2-1-3-6/h6-7H,1-5H2,(H,13,14)(H,15,16)(H2,11,12,17). The van der Waals surface area contributed by atoms with Crippen LogP contribution < -0.4 is 10.6 Å². The summed E-state index contributed by atoms with van der Waals surface area (Å²) in [6, 6.07) is -2.03. The van der Waals surface area contributed by atoms with Crippen LogP contribution in [0.2, 0.25) is 0 Å². The first-order valence-corrected chi connectivity index (χ1v) is 5.48. The summed E-state index contributed by atoms with van der Waals surface area (Å²) in [4.78, 5) is 32.4. The minimum atomic E-state index is -1.39. The summed E-state index contributed by atoms with van der Waals surface area (Å²) in [5.74, 6) is -2.16. The van der Waals surface area contributed by atoms with Gasteiger partial charge in [-0.05, 0) is 18.8 Å². The number of carboxylic acid groups (broad SMARTS) is 2. The van der Waals surface area contributed by atoms with E-state index in [2.05, 4.69) is 10.6 Å². The molecule has 0 aromatic carbocycles. The minimum Gasteiger partial charge on any atom is -0.481 e. The fourth-order valence-electron chi connectivity index (χ4n) is 1.52. The van der Waals surface area contributed by atoms with Crippen molar-refractivity contribution < 1.29 is 24.6 Å². The molecule has 17 heavy (non-hydrogen) atoms. The van der Waals surface area contributed by atoms with Gasteiger partial charge in [0.25, 0.3) is 0 Å². The molecule has 2 amide bonds. The highest BCUT2D eigenvalue weighted by atomic mass is 16.4. The van der Waals surface area contributed by atoms with Crippen molar-refractivity contribution in [2.45, 2.75) is 31.7 Å². The van der Waals surface area contributed by atoms with E-state index in [4.69, 9.17) is 10.2 Å². The highest BCUT2D eigenvalue weighted by molar-refractivity contribution is 5.86. The molecule has 0 aromatic heterocycles. The lowest BCUT2D eigenvalue weighted by Gasteiger charge is -2.25. The second-order valence-electron chi connectivity index (χ2n) is 4.14. The molecular formula is C10H16N2O5. The summed E-state index contributed by atoms with van der Waals surface area (Å²) in [7, 11) is 0. The van der Waals surface area contributed by atoms with Gasteiger partial charge in [0.05, 0.1) is 6.42 Å². The van der Waals surface area contributed by atoms with Crippen molar-refractivity contribution in [3.8, 4) is 0 Å². The maximum atomic E-state index is 11.3. The largest absolute Gasteiger partial charge is 0.481 e. The summed E-state index contributed by atoms with van der Waals surface area (Å²) in [5, 5.41) is 21.8. The van der Waals surface area contributed by atoms with Crippen LogP contribution in [0.15, 0.2) is 0 Å². The van der Waals surface area contributed by atoms with Crippen LogP contribution >= 0.6 is 0 Å². The van der Waals surface area contributed by atoms with E-state index in [1.807, 2.05) is 0 Å². The third kappa shape index (κ3) is 4.71. The average molecular weight is 244 g/mol. The van der Waals surface area contributed by atoms with Gasteiger partial charge in [-0.2, -0.15) is 0 Å². The van der Waals surface area contributed by atoms with E-state index in [0.717, 1.165) is 19.3 Å². The lowest BCUT2D eigenvalue weighted by Crippen LogP contribution is -2.48. The smallest absolute Gasteiger partial charge is 0.326 e. The number of carbonyl (C=O) groups is 3. The Hall–Kier alpha value is -1.79. The number of rotatable bonds is 6. The minimum absolute atomic E-state index is 0.462. The Kier molecular flexibility index (Phi) is 4.74. The maximum absolute atomic E-state index is 11.3. The topological polar surface area (TPSA) is 116 Å². The number of carboxylic acids is 2. The summed E-state index contributed by atoms with van der Waals surface area (Å²) in [5.41, 5.74) is 0. The first kappa shape index (κ1) is 13.3. The van der Waals surface area contributed by atoms with E-state index in [1.165, 1.54) is 0 Å². The Bertz CT molecular complexity index is 314. The van der Waals surface area contributed by atoms with Crippen molar-refractivity contribution in [1.82, 2.24) is 10.6 Å². The zero-order chi connectivity index (χ0) is 12.8. The van der Waals surface area contributed by atoms with Crippen molar-refractivity contribution >= 4 is 18.0 Å². The molecule has 1 fully saturated rings. The van der Waals surface area contributed by atoms with E-state index in [0.29, 0.717) is 12.5 Å². The quantitative estimate of drug-likeness (QED) is 0.525. The zero-order valence-electron chi connectivity index (χ0n) is 9.31. The molecule has 1 unspecified atom stereocenters. The number of urea groups is 1. The molecule has 1 aliphatic rings. The van der Waals surface area contributed by atoms with Gasteiger partial charge in [-0.15, -0.1) is 0 Å². The van der Waals surface area contributed by atoms with Gasteiger partial charge in [0.1, 0.15) is 6.04 Å². The van der Waals surface area contributed by atoms with Crippen molar-refractivity contribution in [2.75, 3.05) is 6.54 Å². The number of amides is 2. The molecular weight excluding hydrogens is 228 g/mol. The van der Waals surface area contributed by atoms with E-state index in [9.17, 15) is 14.4 Å². The number of carbonyl (C=O) groups excluding carboxylic acids is 1. The lowest BCUT2D eigenvalue weighted by molar-refractivity contribution is -0.145. The van der Waals surface area contributed by atoms with Crippen LogP contribution in [0.4, 0.5) is 4.79 Å². The average Bonchev–Trinajstić information content (AvgIpc) is 2.13. The first-order valence-electron chi connectivity index (χ1n) is 5.48. The second-order valence-corrected chi connectivity index (χ2v) is 4.14. The number of aliphatic carboxylic acids is 2. The lowest BCUT2D eigenvalue weighted by atomic mass is 9.85. The van der Waals surface area contributed by atoms with E-state index in [1.54, 1.807) is 0 Å². The summed E-state index contributed by atoms with van der Waals surface area (Å²) in [6.45, 7) is 0.505. The van der Waals surface area contributed by atoms with Gasteiger partial charge in [-0.1, -0.05) is 6.42 Å². The molecule has 7 nitrogen and oxygen atoms in total. The Morgan fingerprint density at radius 2 is 1.88 bits per heavy atom. The van der Waals surface area contributed by atoms with Crippen LogP contribution in [0.1, 0.15) is 25.7 Å². The SMILES string of the molecule is O=C(O)CC(NC(=O)NCC1CCC1)C(=O)O. The summed E-state index contributed by atoms with van der Waals surface area (Å²) in [6.07, 6.45) is 2.66. The van der Waals surface area contributed by atoms with Gasteiger partial charge in [0.15, 0.2) is 0 Å². The van der Waals surface area contributed by atoms with Crippen molar-refractivity contribution in [3.63, 3.8) is 0 Å². The first-order chi connectivity index (χ1) is 7.99. The Balaban J connectivity index is 2.29. The number of hydrogen-bond acceptors (Lipinski definition) is 3. The second kappa shape index (κ2) is 6.07. The molecule has 0 saturated heterocycles. The monoisotopic (exact) mass is 244 g/mol. The van der Waals surface area contributed by atoms with Crippen LogP contribution in [-0.4, -0.2) is 40.8 Å². The van der Waals surface area contributed by atoms with Gasteiger partial charge < -0.3 is 20.8 Å². The van der Waals surface area contributed by atoms with Gasteiger partial charge in [0.2, 0.25) is 0 Å². The van der Waals surface area contributed by atoms with E-state index < -0.39 is 30.4 Å². The van der Waals surface area contributed by atoms with Crippen molar-refractivity contribution in [2.24, 2.45) is 5.92 Å². The molecule has 7 heteroatoms. The molecule has 0 spiro atoms. The Morgan fingerprint density at radius 3 is 2.29 bits per heavy atom. The zero-order valence-corrected chi connectivity index (χ0v) is 9.31. The van der Waals surface area contributed by atoms with Gasteiger partial charge in [-0.3, -0.25) is 4.79 Å². The Morgan fingerprint density at radius 1 is 1.24 bits per heavy atom. The van der Waals surface area contributed by atoms with Crippen molar-refractivity contribution in [1.29, 1.82) is 0 Å². The van der Waals surface area contributed by atoms with Gasteiger partial charge in [-0.25, -0.2) is 9.59 Å². The van der Waals surface area contributed by atoms with Crippen LogP contribution in [0.25, 0.3) is 0 Å². The summed E-state index contributed by atoms with van der Waals surface area (Å²) < 4.78 is 0. The highest BCUT2D eigenvalue weighted by Crippen LogP contribution is 2.24. The molecule has 4 N–H and O–H groups in total. The Labute approximate surface area is 98.2 Å². The molecule has 0 radical (unpaired) electrons. The number of nitrogens with one attached hydrogen (secondary N) is 2. The normalized spacial score (nSPS) is 16.7. The molecule has 1 aliphatic carbocycles. The van der Waals surface area contributed by atoms with Gasteiger partial charge in [0, 0.05) is 6.54 Å². The van der Waals surface area contributed by atoms with Gasteiger partial charge >= 0.3 is 18.0 Å². The predicted octanol–water partition coefficient (Wildman–Crippen LogP) is 0.0136. The molecule has 1 atom stereocenters. The van der Waals surface area contributed by atoms with Crippen LogP contribution in [-0.2, 0) is 9.59 Å². The molecule has 0 aliphatic heterocycles. The fraction of sp³-hybridized carbons (Fsp3) is 0.700. The van der Waals surface area contributed by atoms with Crippen molar-refractivity contribution in [3.05, 3.63) is 0 Å². The fourth-order valence-corrected chi connectivity index (χ4v) is 1.52. The third-order valence-corrected chi connectivity index (χ3v) is 2.76. The van der Waals surface area contributed by atoms with Crippen LogP contribution in [0.5, 0.6) is 0 Å². The summed E-state index contributed by atoms with van der Waals surface area (Å²) >= 11 is 0. The van der Waals surface area contributed by atoms with E-state index in [-0.39, 0.29) is 0 Å². The van der Waals surface area contributed by atoms with Crippen LogP contribution in [0.3, 0.4) is 0 Å². The van der Waals surface area contributed by atoms with E-state index >= 15 is 0 Å². The third-order valence-electron chi connectivity index (χ3n) is 2.76. The molecule has 0 aromatic rings. The van der Waals surface area contributed by atoms with Crippen LogP contribution in [0, 0.1) is 5.92 Å². The number of hydrogen-bond donors (Lipinski definition) is 4. The molecule has 0 heterocycles. The highest BCUT2D eigenvalue weighted by Gasteiger charge is 2.24. The maximum Gasteiger partial charge on any atom is 0.326 e. The molecule has 0 bridgehead atoms. The predicted molar refractivity (Wildman–Crippen MR) is 57.6 cm³/mol. The molecule has 96 valence electrons. The molecule has 1 saturated carbocycles.